The molecule has 104 valence electrons. The van der Waals surface area contributed by atoms with Gasteiger partial charge in [0, 0.05) is 24.7 Å². The molecule has 20 heavy (non-hydrogen) atoms. The molecular formula is C12H9ClN2O5. The van der Waals surface area contributed by atoms with E-state index in [2.05, 4.69) is 9.97 Å². The third-order valence-corrected chi connectivity index (χ3v) is 2.26. The lowest BCUT2D eigenvalue weighted by Crippen LogP contribution is -2.03. The maximum Gasteiger partial charge on any atom is 0.341 e. The number of hydrogen-bond donors (Lipinski definition) is 3. The number of carbonyl (C=O) groups is 2. The van der Waals surface area contributed by atoms with Crippen molar-refractivity contribution in [1.82, 2.24) is 9.97 Å². The molecule has 0 amide bonds. The van der Waals surface area contributed by atoms with Crippen molar-refractivity contribution in [3.05, 3.63) is 58.3 Å². The minimum absolute atomic E-state index is 0.178. The Morgan fingerprint density at radius 3 is 2.35 bits per heavy atom. The molecule has 0 aliphatic rings. The molecule has 0 spiro atoms. The highest BCUT2D eigenvalue weighted by Crippen LogP contribution is 2.12. The van der Waals surface area contributed by atoms with E-state index in [1.807, 2.05) is 0 Å². The molecule has 2 aromatic heterocycles. The van der Waals surface area contributed by atoms with Gasteiger partial charge >= 0.3 is 5.97 Å². The van der Waals surface area contributed by atoms with E-state index < -0.39 is 11.2 Å². The van der Waals surface area contributed by atoms with Crippen LogP contribution in [0.4, 0.5) is 0 Å². The predicted molar refractivity (Wildman–Crippen MR) is 70.1 cm³/mol. The first-order valence-corrected chi connectivity index (χ1v) is 5.54. The van der Waals surface area contributed by atoms with Gasteiger partial charge in [-0.25, -0.2) is 4.79 Å². The number of halogens is 1. The number of aromatic nitrogens is 2. The predicted octanol–water partition coefficient (Wildman–Crippen LogP) is 1.24. The quantitative estimate of drug-likeness (QED) is 0.717. The van der Waals surface area contributed by atoms with Gasteiger partial charge in [0.05, 0.1) is 5.56 Å². The SMILES string of the molecule is O=C(Cl)c1ccc(=O)[nH]c1.O=C(O)c1cnccc1O. The number of aromatic hydroxyl groups is 1. The second kappa shape index (κ2) is 7.05. The summed E-state index contributed by atoms with van der Waals surface area (Å²) in [5, 5.41) is 16.7. The summed E-state index contributed by atoms with van der Waals surface area (Å²) < 4.78 is 0. The largest absolute Gasteiger partial charge is 0.507 e. The minimum atomic E-state index is -1.18. The maximum absolute atomic E-state index is 10.4. The molecule has 0 aliphatic carbocycles. The molecule has 0 aromatic carbocycles. The van der Waals surface area contributed by atoms with Crippen molar-refractivity contribution in [2.75, 3.05) is 0 Å². The van der Waals surface area contributed by atoms with Crippen LogP contribution in [0.15, 0.2) is 41.6 Å². The summed E-state index contributed by atoms with van der Waals surface area (Å²) >= 11 is 5.09. The fourth-order valence-electron chi connectivity index (χ4n) is 1.08. The van der Waals surface area contributed by atoms with Crippen molar-refractivity contribution in [3.8, 4) is 5.75 Å². The number of carbonyl (C=O) groups excluding carboxylic acids is 1. The monoisotopic (exact) mass is 296 g/mol. The van der Waals surface area contributed by atoms with Crippen LogP contribution in [-0.2, 0) is 0 Å². The summed E-state index contributed by atoms with van der Waals surface area (Å²) in [6, 6.07) is 3.84. The fraction of sp³-hybridized carbons (Fsp3) is 0. The molecule has 8 heteroatoms. The van der Waals surface area contributed by atoms with Gasteiger partial charge in [-0.05, 0) is 23.7 Å². The molecule has 0 bridgehead atoms. The van der Waals surface area contributed by atoms with Gasteiger partial charge in [-0.3, -0.25) is 14.6 Å². The number of pyridine rings is 2. The first kappa shape index (κ1) is 15.4. The van der Waals surface area contributed by atoms with Crippen LogP contribution in [0.3, 0.4) is 0 Å². The van der Waals surface area contributed by atoms with Crippen LogP contribution >= 0.6 is 11.6 Å². The van der Waals surface area contributed by atoms with Gasteiger partial charge in [0.2, 0.25) is 5.56 Å². The van der Waals surface area contributed by atoms with Crippen molar-refractivity contribution in [1.29, 1.82) is 0 Å². The Hall–Kier alpha value is -2.67. The fourth-order valence-corrected chi connectivity index (χ4v) is 1.20. The van der Waals surface area contributed by atoms with Crippen LogP contribution in [0.5, 0.6) is 5.75 Å². The van der Waals surface area contributed by atoms with Gasteiger partial charge in [-0.15, -0.1) is 0 Å². The molecular weight excluding hydrogens is 288 g/mol. The summed E-state index contributed by atoms with van der Waals surface area (Å²) in [5.41, 5.74) is -0.134. The zero-order valence-electron chi connectivity index (χ0n) is 9.91. The van der Waals surface area contributed by atoms with Gasteiger partial charge in [-0.2, -0.15) is 0 Å². The average molecular weight is 297 g/mol. The van der Waals surface area contributed by atoms with Crippen molar-refractivity contribution in [2.24, 2.45) is 0 Å². The molecule has 0 fully saturated rings. The van der Waals surface area contributed by atoms with Gasteiger partial charge in [0.25, 0.3) is 5.24 Å². The molecule has 2 rings (SSSR count). The molecule has 0 radical (unpaired) electrons. The number of aromatic amines is 1. The van der Waals surface area contributed by atoms with E-state index >= 15 is 0 Å². The van der Waals surface area contributed by atoms with E-state index in [4.69, 9.17) is 21.8 Å². The van der Waals surface area contributed by atoms with E-state index in [-0.39, 0.29) is 16.9 Å². The van der Waals surface area contributed by atoms with E-state index in [1.54, 1.807) is 0 Å². The van der Waals surface area contributed by atoms with Gasteiger partial charge in [0.1, 0.15) is 11.3 Å². The Morgan fingerprint density at radius 2 is 1.95 bits per heavy atom. The van der Waals surface area contributed by atoms with Crippen molar-refractivity contribution in [2.45, 2.75) is 0 Å². The number of carboxylic acids is 1. The maximum atomic E-state index is 10.4. The van der Waals surface area contributed by atoms with Crippen LogP contribution in [0, 0.1) is 0 Å². The van der Waals surface area contributed by atoms with E-state index in [9.17, 15) is 14.4 Å². The number of nitrogens with one attached hydrogen (secondary N) is 1. The number of aromatic carboxylic acids is 1. The normalized spacial score (nSPS) is 9.25. The zero-order chi connectivity index (χ0) is 15.1. The number of H-pyrrole nitrogens is 1. The summed E-state index contributed by atoms with van der Waals surface area (Å²) in [5.74, 6) is -1.44. The first-order valence-electron chi connectivity index (χ1n) is 5.16. The average Bonchev–Trinajstić information content (AvgIpc) is 2.40. The number of rotatable bonds is 2. The van der Waals surface area contributed by atoms with Gasteiger partial charge in [-0.1, -0.05) is 0 Å². The Labute approximate surface area is 117 Å². The molecule has 0 saturated carbocycles. The summed E-state index contributed by atoms with van der Waals surface area (Å²) in [6.07, 6.45) is 3.69. The van der Waals surface area contributed by atoms with Crippen molar-refractivity contribution >= 4 is 22.8 Å². The lowest BCUT2D eigenvalue weighted by Gasteiger charge is -1.94. The number of carboxylic acid groups (broad SMARTS) is 1. The third-order valence-electron chi connectivity index (χ3n) is 2.04. The number of hydrogen-bond acceptors (Lipinski definition) is 5. The zero-order valence-corrected chi connectivity index (χ0v) is 10.7. The van der Waals surface area contributed by atoms with E-state index in [0.29, 0.717) is 5.56 Å². The molecule has 3 N–H and O–H groups in total. The highest BCUT2D eigenvalue weighted by atomic mass is 35.5. The molecule has 0 aliphatic heterocycles. The van der Waals surface area contributed by atoms with Crippen LogP contribution in [0.2, 0.25) is 0 Å². The van der Waals surface area contributed by atoms with E-state index in [0.717, 1.165) is 6.20 Å². The van der Waals surface area contributed by atoms with Crippen LogP contribution in [-0.4, -0.2) is 31.4 Å². The summed E-state index contributed by atoms with van der Waals surface area (Å²) in [7, 11) is 0. The summed E-state index contributed by atoms with van der Waals surface area (Å²) in [6.45, 7) is 0. The Morgan fingerprint density at radius 1 is 1.25 bits per heavy atom. The first-order chi connectivity index (χ1) is 9.41. The molecule has 0 unspecified atom stereocenters. The second-order valence-electron chi connectivity index (χ2n) is 3.41. The third kappa shape index (κ3) is 4.54. The van der Waals surface area contributed by atoms with E-state index in [1.165, 1.54) is 30.6 Å². The Kier molecular flexibility index (Phi) is 5.42. The van der Waals surface area contributed by atoms with Crippen LogP contribution in [0.1, 0.15) is 20.7 Å². The highest BCUT2D eigenvalue weighted by Gasteiger charge is 2.06. The van der Waals surface area contributed by atoms with Crippen LogP contribution in [0.25, 0.3) is 0 Å². The Bertz CT molecular complexity index is 663. The minimum Gasteiger partial charge on any atom is -0.507 e. The molecule has 0 saturated heterocycles. The smallest absolute Gasteiger partial charge is 0.341 e. The standard InChI is InChI=1S/C6H4ClNO2.C6H5NO3/c7-6(10)4-1-2-5(9)8-3-4;8-5-1-2-7-3-4(5)6(9)10/h1-3H,(H,8,9);1-3H,(H,7,8)(H,9,10). The van der Waals surface area contributed by atoms with Gasteiger partial charge < -0.3 is 15.2 Å². The summed E-state index contributed by atoms with van der Waals surface area (Å²) in [4.78, 5) is 36.9. The second-order valence-corrected chi connectivity index (χ2v) is 3.76. The molecule has 2 heterocycles. The molecule has 7 nitrogen and oxygen atoms in total. The molecule has 0 atom stereocenters. The van der Waals surface area contributed by atoms with Crippen LogP contribution < -0.4 is 5.56 Å². The van der Waals surface area contributed by atoms with Crippen molar-refractivity contribution in [3.63, 3.8) is 0 Å². The topological polar surface area (TPSA) is 120 Å². The lowest BCUT2D eigenvalue weighted by molar-refractivity contribution is 0.0693. The van der Waals surface area contributed by atoms with Crippen molar-refractivity contribution < 1.29 is 19.8 Å². The lowest BCUT2D eigenvalue weighted by atomic mass is 10.3. The Balaban J connectivity index is 0.000000200. The highest BCUT2D eigenvalue weighted by molar-refractivity contribution is 6.67. The number of nitrogens with zero attached hydrogens (tertiary/aromatic N) is 1. The molecule has 2 aromatic rings. The van der Waals surface area contributed by atoms with Gasteiger partial charge in [0.15, 0.2) is 0 Å².